The smallest absolute Gasteiger partial charge is 0.393 e. The molecule has 2 atom stereocenters. The van der Waals surface area contributed by atoms with E-state index >= 15 is 0 Å². The summed E-state index contributed by atoms with van der Waals surface area (Å²) in [6.45, 7) is 4.51. The molecule has 0 spiro atoms. The van der Waals surface area contributed by atoms with Crippen molar-refractivity contribution in [3.63, 3.8) is 0 Å². The van der Waals surface area contributed by atoms with E-state index in [2.05, 4.69) is 5.32 Å². The van der Waals surface area contributed by atoms with Crippen molar-refractivity contribution in [1.29, 1.82) is 0 Å². The minimum Gasteiger partial charge on any atom is -0.396 e. The molecule has 2 unspecified atom stereocenters. The lowest BCUT2D eigenvalue weighted by Crippen LogP contribution is -2.48. The molecule has 0 aromatic carbocycles. The minimum absolute atomic E-state index is 0.0715. The van der Waals surface area contributed by atoms with Crippen molar-refractivity contribution >= 4 is 0 Å². The molecule has 108 valence electrons. The molecule has 0 heterocycles. The maximum Gasteiger partial charge on any atom is 0.393 e. The Morgan fingerprint density at radius 1 is 1.17 bits per heavy atom. The van der Waals surface area contributed by atoms with Gasteiger partial charge >= 0.3 is 6.18 Å². The first-order chi connectivity index (χ1) is 8.26. The van der Waals surface area contributed by atoms with Gasteiger partial charge in [-0.3, -0.25) is 0 Å². The Morgan fingerprint density at radius 2 is 1.78 bits per heavy atom. The summed E-state index contributed by atoms with van der Waals surface area (Å²) < 4.78 is 38.6. The molecule has 1 aliphatic carbocycles. The molecule has 2 N–H and O–H groups in total. The molecule has 18 heavy (non-hydrogen) atoms. The summed E-state index contributed by atoms with van der Waals surface area (Å²) in [5, 5.41) is 12.0. The summed E-state index contributed by atoms with van der Waals surface area (Å²) in [6.07, 6.45) is -1.13. The van der Waals surface area contributed by atoms with E-state index in [1.165, 1.54) is 0 Å². The van der Waals surface area contributed by atoms with Gasteiger partial charge in [0.25, 0.3) is 0 Å². The van der Waals surface area contributed by atoms with Crippen LogP contribution in [0.4, 0.5) is 13.2 Å². The van der Waals surface area contributed by atoms with Gasteiger partial charge < -0.3 is 10.4 Å². The van der Waals surface area contributed by atoms with Crippen molar-refractivity contribution in [3.05, 3.63) is 0 Å². The maximum atomic E-state index is 12.9. The topological polar surface area (TPSA) is 32.3 Å². The number of halogens is 3. The second kappa shape index (κ2) is 6.24. The van der Waals surface area contributed by atoms with E-state index in [1.54, 1.807) is 0 Å². The van der Waals surface area contributed by atoms with Crippen molar-refractivity contribution in [2.75, 3.05) is 13.2 Å². The van der Waals surface area contributed by atoms with E-state index in [1.807, 2.05) is 13.8 Å². The Bertz CT molecular complexity index is 253. The van der Waals surface area contributed by atoms with Gasteiger partial charge in [0.1, 0.15) is 0 Å². The van der Waals surface area contributed by atoms with Gasteiger partial charge in [-0.15, -0.1) is 0 Å². The summed E-state index contributed by atoms with van der Waals surface area (Å²) in [5.74, 6) is -1.21. The molecule has 0 aliphatic heterocycles. The fourth-order valence-corrected chi connectivity index (χ4v) is 2.57. The Kier molecular flexibility index (Phi) is 5.46. The maximum absolute atomic E-state index is 12.9. The first-order valence-electron chi connectivity index (χ1n) is 6.67. The van der Waals surface area contributed by atoms with E-state index in [4.69, 9.17) is 5.11 Å². The molecule has 0 saturated heterocycles. The zero-order chi connectivity index (χ0) is 13.8. The number of hydrogen-bond acceptors (Lipinski definition) is 2. The van der Waals surface area contributed by atoms with Crippen LogP contribution in [0.1, 0.15) is 46.0 Å². The van der Waals surface area contributed by atoms with E-state index < -0.39 is 18.1 Å². The normalized spacial score (nSPS) is 26.3. The number of aliphatic hydroxyl groups is 1. The van der Waals surface area contributed by atoms with Crippen LogP contribution in [0.15, 0.2) is 0 Å². The zero-order valence-corrected chi connectivity index (χ0v) is 11.2. The Morgan fingerprint density at radius 3 is 2.33 bits per heavy atom. The van der Waals surface area contributed by atoms with Crippen LogP contribution in [0.5, 0.6) is 0 Å². The van der Waals surface area contributed by atoms with E-state index in [0.29, 0.717) is 25.8 Å². The molecule has 5 heteroatoms. The molecule has 1 aliphatic rings. The van der Waals surface area contributed by atoms with E-state index in [-0.39, 0.29) is 18.4 Å². The molecular weight excluding hydrogens is 243 g/mol. The Balaban J connectivity index is 2.53. The lowest BCUT2D eigenvalue weighted by Gasteiger charge is -2.36. The van der Waals surface area contributed by atoms with Gasteiger partial charge in [0.2, 0.25) is 0 Å². The van der Waals surface area contributed by atoms with Crippen LogP contribution in [-0.2, 0) is 0 Å². The average Bonchev–Trinajstić information content (AvgIpc) is 2.26. The van der Waals surface area contributed by atoms with Crippen molar-refractivity contribution < 1.29 is 18.3 Å². The van der Waals surface area contributed by atoms with Crippen molar-refractivity contribution in [2.24, 2.45) is 11.3 Å². The molecule has 1 rings (SSSR count). The predicted molar refractivity (Wildman–Crippen MR) is 65.3 cm³/mol. The lowest BCUT2D eigenvalue weighted by molar-refractivity contribution is -0.189. The second-order valence-corrected chi connectivity index (χ2v) is 6.06. The number of alkyl halides is 3. The summed E-state index contributed by atoms with van der Waals surface area (Å²) >= 11 is 0. The number of nitrogens with one attached hydrogen (secondary N) is 1. The number of rotatable bonds is 5. The third-order valence-corrected chi connectivity index (χ3v) is 3.82. The number of hydrogen-bond donors (Lipinski definition) is 2. The van der Waals surface area contributed by atoms with Crippen molar-refractivity contribution in [1.82, 2.24) is 5.32 Å². The highest BCUT2D eigenvalue weighted by atomic mass is 19.4. The zero-order valence-electron chi connectivity index (χ0n) is 11.2. The van der Waals surface area contributed by atoms with Crippen LogP contribution in [0.25, 0.3) is 0 Å². The molecule has 2 nitrogen and oxygen atoms in total. The molecule has 0 amide bonds. The highest BCUT2D eigenvalue weighted by molar-refractivity contribution is 4.87. The molecule has 0 radical (unpaired) electrons. The fraction of sp³-hybridized carbons (Fsp3) is 1.00. The van der Waals surface area contributed by atoms with Crippen LogP contribution in [0.3, 0.4) is 0 Å². The molecule has 0 aromatic heterocycles. The quantitative estimate of drug-likeness (QED) is 0.802. The van der Waals surface area contributed by atoms with Gasteiger partial charge in [0.15, 0.2) is 0 Å². The molecular formula is C13H24F3NO. The monoisotopic (exact) mass is 267 g/mol. The first kappa shape index (κ1) is 15.8. The van der Waals surface area contributed by atoms with E-state index in [9.17, 15) is 13.2 Å². The highest BCUT2D eigenvalue weighted by Gasteiger charge is 2.45. The molecule has 0 bridgehead atoms. The molecule has 1 fully saturated rings. The van der Waals surface area contributed by atoms with E-state index in [0.717, 1.165) is 6.42 Å². The summed E-state index contributed by atoms with van der Waals surface area (Å²) in [6, 6.07) is -0.461. The summed E-state index contributed by atoms with van der Waals surface area (Å²) in [4.78, 5) is 0. The van der Waals surface area contributed by atoms with Crippen LogP contribution in [0, 0.1) is 11.3 Å². The number of aliphatic hydroxyl groups excluding tert-OH is 1. The van der Waals surface area contributed by atoms with Crippen LogP contribution >= 0.6 is 0 Å². The van der Waals surface area contributed by atoms with Gasteiger partial charge in [0.05, 0.1) is 5.92 Å². The predicted octanol–water partition coefficient (Wildman–Crippen LogP) is 3.11. The van der Waals surface area contributed by atoms with Crippen molar-refractivity contribution in [3.8, 4) is 0 Å². The first-order valence-corrected chi connectivity index (χ1v) is 6.67. The van der Waals surface area contributed by atoms with Gasteiger partial charge in [-0.05, 0) is 24.7 Å². The van der Waals surface area contributed by atoms with Gasteiger partial charge in [-0.25, -0.2) is 0 Å². The highest BCUT2D eigenvalue weighted by Crippen LogP contribution is 2.38. The minimum atomic E-state index is -4.10. The largest absolute Gasteiger partial charge is 0.396 e. The van der Waals surface area contributed by atoms with Gasteiger partial charge in [-0.1, -0.05) is 26.7 Å². The average molecular weight is 267 g/mol. The Hall–Kier alpha value is -0.290. The lowest BCUT2D eigenvalue weighted by atomic mass is 9.82. The third kappa shape index (κ3) is 4.76. The summed E-state index contributed by atoms with van der Waals surface area (Å²) in [5.41, 5.74) is -0.164. The van der Waals surface area contributed by atoms with Gasteiger partial charge in [0, 0.05) is 19.2 Å². The van der Waals surface area contributed by atoms with Gasteiger partial charge in [-0.2, -0.15) is 13.2 Å². The fourth-order valence-electron chi connectivity index (χ4n) is 2.57. The van der Waals surface area contributed by atoms with Crippen LogP contribution < -0.4 is 5.32 Å². The third-order valence-electron chi connectivity index (χ3n) is 3.82. The second-order valence-electron chi connectivity index (χ2n) is 6.06. The van der Waals surface area contributed by atoms with Crippen LogP contribution in [0.2, 0.25) is 0 Å². The standard InChI is InChI=1S/C13H24F3NO/c1-12(2,7-8-18)9-17-11-6-4-3-5-10(11)13(14,15)16/h10-11,17-18H,3-9H2,1-2H3. The van der Waals surface area contributed by atoms with Crippen LogP contribution in [-0.4, -0.2) is 30.5 Å². The molecule has 0 aromatic rings. The molecule has 1 saturated carbocycles. The summed E-state index contributed by atoms with van der Waals surface area (Å²) in [7, 11) is 0. The SMILES string of the molecule is CC(C)(CCO)CNC1CCCCC1C(F)(F)F. The Labute approximate surface area is 107 Å². The van der Waals surface area contributed by atoms with Crippen molar-refractivity contribution in [2.45, 2.75) is 58.2 Å².